The first kappa shape index (κ1) is 28.7. The Balaban J connectivity index is 1.40. The third-order valence-electron chi connectivity index (χ3n) is 8.25. The zero-order valence-corrected chi connectivity index (χ0v) is 23.9. The topological polar surface area (TPSA) is 112 Å². The van der Waals surface area contributed by atoms with Crippen molar-refractivity contribution in [2.45, 2.75) is 38.6 Å². The van der Waals surface area contributed by atoms with Crippen molar-refractivity contribution < 1.29 is 28.3 Å². The fraction of sp³-hybridized carbons (Fsp3) is 0.281. The number of fused-ring (bicyclic) bond motifs is 5. The summed E-state index contributed by atoms with van der Waals surface area (Å²) in [5, 5.41) is 13.0. The second-order valence-corrected chi connectivity index (χ2v) is 11.4. The largest absolute Gasteiger partial charge is 0.511 e. The summed E-state index contributed by atoms with van der Waals surface area (Å²) in [6.45, 7) is 1.99. The van der Waals surface area contributed by atoms with Gasteiger partial charge >= 0.3 is 0 Å². The highest BCUT2D eigenvalue weighted by Crippen LogP contribution is 2.37. The van der Waals surface area contributed by atoms with Crippen molar-refractivity contribution in [2.24, 2.45) is 16.8 Å². The Morgan fingerprint density at radius 3 is 2.70 bits per heavy atom. The van der Waals surface area contributed by atoms with Gasteiger partial charge in [-0.2, -0.15) is 0 Å². The van der Waals surface area contributed by atoms with Crippen LogP contribution in [-0.4, -0.2) is 45.0 Å². The molecule has 0 radical (unpaired) electrons. The molecule has 1 aliphatic carbocycles. The van der Waals surface area contributed by atoms with E-state index in [2.05, 4.69) is 15.3 Å². The second kappa shape index (κ2) is 11.3. The highest BCUT2D eigenvalue weighted by atomic mass is 35.5. The Kier molecular flexibility index (Phi) is 7.56. The number of rotatable bonds is 2. The minimum atomic E-state index is -0.901. The minimum absolute atomic E-state index is 0.131. The van der Waals surface area contributed by atoms with Gasteiger partial charge in [0.05, 0.1) is 34.0 Å². The second-order valence-electron chi connectivity index (χ2n) is 11.0. The first-order chi connectivity index (χ1) is 20.6. The van der Waals surface area contributed by atoms with Gasteiger partial charge in [0.25, 0.3) is 5.91 Å². The first-order valence-corrected chi connectivity index (χ1v) is 14.4. The molecule has 8 nitrogen and oxygen atoms in total. The lowest BCUT2D eigenvalue weighted by molar-refractivity contribution is -0.129. The van der Waals surface area contributed by atoms with Crippen molar-refractivity contribution in [3.63, 3.8) is 0 Å². The number of hydrogen-bond donors (Lipinski definition) is 2. The van der Waals surface area contributed by atoms with Gasteiger partial charge in [-0.25, -0.2) is 13.8 Å². The lowest BCUT2D eigenvalue weighted by Gasteiger charge is -2.35. The van der Waals surface area contributed by atoms with Crippen LogP contribution < -0.4 is 5.32 Å². The van der Waals surface area contributed by atoms with E-state index in [-0.39, 0.29) is 40.8 Å². The summed E-state index contributed by atoms with van der Waals surface area (Å²) >= 11 is 5.89. The zero-order chi connectivity index (χ0) is 30.4. The van der Waals surface area contributed by atoms with Gasteiger partial charge in [-0.3, -0.25) is 19.4 Å². The van der Waals surface area contributed by atoms with E-state index in [1.807, 2.05) is 6.07 Å². The molecule has 1 aromatic heterocycles. The molecule has 2 aromatic rings. The van der Waals surface area contributed by atoms with Crippen molar-refractivity contribution in [2.75, 3.05) is 6.54 Å². The van der Waals surface area contributed by atoms with Gasteiger partial charge in [0, 0.05) is 42.1 Å². The fourth-order valence-electron chi connectivity index (χ4n) is 5.97. The maximum Gasteiger partial charge on any atom is 0.251 e. The average Bonchev–Trinajstić information content (AvgIpc) is 2.97. The van der Waals surface area contributed by atoms with Gasteiger partial charge in [-0.15, -0.1) is 0 Å². The highest BCUT2D eigenvalue weighted by Gasteiger charge is 2.33. The first-order valence-electron chi connectivity index (χ1n) is 14.0. The Morgan fingerprint density at radius 2 is 1.91 bits per heavy atom. The Bertz CT molecular complexity index is 1730. The van der Waals surface area contributed by atoms with Gasteiger partial charge in [0.2, 0.25) is 11.8 Å². The number of nitrogens with zero attached hydrogens (tertiary/aromatic N) is 3. The summed E-state index contributed by atoms with van der Waals surface area (Å²) in [5.41, 5.74) is 2.54. The van der Waals surface area contributed by atoms with Crippen molar-refractivity contribution in [1.82, 2.24) is 15.2 Å². The maximum absolute atomic E-state index is 14.7. The monoisotopic (exact) mass is 604 g/mol. The van der Waals surface area contributed by atoms with E-state index in [0.29, 0.717) is 47.5 Å². The van der Waals surface area contributed by atoms with Crippen LogP contribution in [0.4, 0.5) is 8.78 Å². The fourth-order valence-corrected chi connectivity index (χ4v) is 6.13. The number of carbonyl (C=O) groups excluding carboxylic acids is 3. The molecular weight excluding hydrogens is 578 g/mol. The molecule has 11 heteroatoms. The molecule has 1 aromatic carbocycles. The number of aliphatic hydroxyl groups excluding tert-OH is 1. The smallest absolute Gasteiger partial charge is 0.251 e. The number of nitrogens with one attached hydrogen (secondary N) is 1. The standard InChI is InChI=1S/C32H27ClF2N4O4/c1-16-3-2-4-26(39-10-8-18(12-29(39)42)30-22(34)6-5-21(33)31(30)35)25-11-17(7-9-36-25)19-13-20-24(14-23(19)38-32(16)43)37-28(41)15-27(20)40/h5-7,9,11-16,20,26,40H,2-4,8,10H2,1H3,(H,37,41)/t16-,20?,26+/m1/s1. The molecule has 220 valence electrons. The maximum atomic E-state index is 14.7. The summed E-state index contributed by atoms with van der Waals surface area (Å²) < 4.78 is 29.3. The summed E-state index contributed by atoms with van der Waals surface area (Å²) in [6, 6.07) is 5.32. The van der Waals surface area contributed by atoms with Crippen molar-refractivity contribution in [1.29, 1.82) is 0 Å². The number of benzene rings is 1. The van der Waals surface area contributed by atoms with Crippen molar-refractivity contribution >= 4 is 46.2 Å². The van der Waals surface area contributed by atoms with Gasteiger partial charge in [-0.1, -0.05) is 31.0 Å². The number of carbonyl (C=O) groups is 3. The molecule has 6 rings (SSSR count). The molecule has 0 saturated heterocycles. The average molecular weight is 605 g/mol. The number of halogens is 3. The molecular formula is C32H27ClF2N4O4. The lowest BCUT2D eigenvalue weighted by atomic mass is 9.85. The number of aliphatic hydroxyl groups is 1. The van der Waals surface area contributed by atoms with Gasteiger partial charge in [0.15, 0.2) is 5.82 Å². The quantitative estimate of drug-likeness (QED) is 0.432. The predicted octanol–water partition coefficient (Wildman–Crippen LogP) is 5.63. The lowest BCUT2D eigenvalue weighted by Crippen LogP contribution is -2.38. The van der Waals surface area contributed by atoms with Gasteiger partial charge in [0.1, 0.15) is 11.6 Å². The van der Waals surface area contributed by atoms with Crippen LogP contribution in [0.25, 0.3) is 11.1 Å². The Hall–Kier alpha value is -4.44. The van der Waals surface area contributed by atoms with Gasteiger partial charge in [-0.05, 0) is 60.7 Å². The molecule has 4 aliphatic rings. The summed E-state index contributed by atoms with van der Waals surface area (Å²) in [5.74, 6) is -4.06. The highest BCUT2D eigenvalue weighted by molar-refractivity contribution is 6.32. The van der Waals surface area contributed by atoms with Crippen LogP contribution >= 0.6 is 11.6 Å². The van der Waals surface area contributed by atoms with E-state index >= 15 is 0 Å². The van der Waals surface area contributed by atoms with Crippen molar-refractivity contribution in [3.8, 4) is 0 Å². The molecule has 43 heavy (non-hydrogen) atoms. The molecule has 1 unspecified atom stereocenters. The SMILES string of the molecule is C[C@@H]1CCC[C@H](N2CCC(c3c(F)ccc(Cl)c3F)=CC2=O)c2cc(ccn2)C2=CC3C(O)=CC(=O)NC3=CC2=NC1=O. The van der Waals surface area contributed by atoms with E-state index < -0.39 is 41.3 Å². The van der Waals surface area contributed by atoms with E-state index in [1.54, 1.807) is 36.2 Å². The van der Waals surface area contributed by atoms with Crippen LogP contribution in [0.15, 0.2) is 71.2 Å². The van der Waals surface area contributed by atoms with Crippen LogP contribution in [0.5, 0.6) is 0 Å². The normalized spacial score (nSPS) is 24.2. The number of hydrogen-bond acceptors (Lipinski definition) is 5. The molecule has 3 aliphatic heterocycles. The van der Waals surface area contributed by atoms with Crippen LogP contribution in [0, 0.1) is 23.5 Å². The number of pyridine rings is 1. The van der Waals surface area contributed by atoms with E-state index in [1.165, 1.54) is 6.08 Å². The Morgan fingerprint density at radius 1 is 1.09 bits per heavy atom. The molecule has 0 fully saturated rings. The molecule has 3 atom stereocenters. The number of aromatic nitrogens is 1. The third-order valence-corrected chi connectivity index (χ3v) is 8.54. The summed E-state index contributed by atoms with van der Waals surface area (Å²) in [6.07, 6.45) is 9.12. The number of amides is 3. The van der Waals surface area contributed by atoms with Crippen LogP contribution in [0.1, 0.15) is 55.5 Å². The summed E-state index contributed by atoms with van der Waals surface area (Å²) in [7, 11) is 0. The molecule has 0 saturated carbocycles. The number of allylic oxidation sites excluding steroid dienone is 2. The molecule has 4 heterocycles. The van der Waals surface area contributed by atoms with Crippen LogP contribution in [-0.2, 0) is 14.4 Å². The zero-order valence-electron chi connectivity index (χ0n) is 23.1. The molecule has 0 spiro atoms. The van der Waals surface area contributed by atoms with Crippen LogP contribution in [0.3, 0.4) is 0 Å². The van der Waals surface area contributed by atoms with E-state index in [9.17, 15) is 28.3 Å². The summed E-state index contributed by atoms with van der Waals surface area (Å²) in [4.78, 5) is 49.3. The third kappa shape index (κ3) is 5.43. The van der Waals surface area contributed by atoms with E-state index in [0.717, 1.165) is 18.2 Å². The number of aliphatic imine (C=N–C) groups is 1. The predicted molar refractivity (Wildman–Crippen MR) is 157 cm³/mol. The molecule has 2 bridgehead atoms. The van der Waals surface area contributed by atoms with Crippen molar-refractivity contribution in [3.05, 3.63) is 99.7 Å². The minimum Gasteiger partial charge on any atom is -0.511 e. The molecule has 3 amide bonds. The molecule has 2 N–H and O–H groups in total. The van der Waals surface area contributed by atoms with Crippen LogP contribution in [0.2, 0.25) is 5.02 Å². The van der Waals surface area contributed by atoms with E-state index in [4.69, 9.17) is 11.6 Å². The van der Waals surface area contributed by atoms with Gasteiger partial charge < -0.3 is 15.3 Å². The Labute approximate surface area is 251 Å².